The van der Waals surface area contributed by atoms with Crippen LogP contribution in [0.2, 0.25) is 0 Å². The molecule has 0 unspecified atom stereocenters. The highest BCUT2D eigenvalue weighted by molar-refractivity contribution is 5.95. The van der Waals surface area contributed by atoms with Crippen molar-refractivity contribution in [3.63, 3.8) is 0 Å². The van der Waals surface area contributed by atoms with E-state index in [-0.39, 0.29) is 5.91 Å². The number of anilines is 1. The standard InChI is InChI=1S/C21H26N2O3/c1-15-19(25-2)12-17(13-20(15)26-3)21(24)22-14-16-8-4-5-9-18(16)23-10-6-7-11-23/h4-5,8-9,12-13H,6-7,10-11,14H2,1-3H3,(H,22,24). The maximum absolute atomic E-state index is 12.7. The lowest BCUT2D eigenvalue weighted by Crippen LogP contribution is -2.25. The van der Waals surface area contributed by atoms with Crippen LogP contribution >= 0.6 is 0 Å². The molecule has 2 aromatic carbocycles. The summed E-state index contributed by atoms with van der Waals surface area (Å²) in [7, 11) is 3.19. The monoisotopic (exact) mass is 354 g/mol. The Morgan fingerprint density at radius 3 is 2.31 bits per heavy atom. The van der Waals surface area contributed by atoms with Gasteiger partial charge in [-0.2, -0.15) is 0 Å². The van der Waals surface area contributed by atoms with Crippen molar-refractivity contribution >= 4 is 11.6 Å². The molecular weight excluding hydrogens is 328 g/mol. The Morgan fingerprint density at radius 2 is 1.69 bits per heavy atom. The molecule has 5 nitrogen and oxygen atoms in total. The number of benzene rings is 2. The predicted molar refractivity (Wildman–Crippen MR) is 103 cm³/mol. The fraction of sp³-hybridized carbons (Fsp3) is 0.381. The topological polar surface area (TPSA) is 50.8 Å². The fourth-order valence-electron chi connectivity index (χ4n) is 3.42. The number of ether oxygens (including phenoxy) is 2. The molecule has 26 heavy (non-hydrogen) atoms. The number of para-hydroxylation sites is 1. The van der Waals surface area contributed by atoms with Crippen LogP contribution < -0.4 is 19.7 Å². The Balaban J connectivity index is 1.76. The van der Waals surface area contributed by atoms with Crippen LogP contribution in [0.3, 0.4) is 0 Å². The van der Waals surface area contributed by atoms with Gasteiger partial charge in [-0.15, -0.1) is 0 Å². The van der Waals surface area contributed by atoms with Crippen molar-refractivity contribution in [3.8, 4) is 11.5 Å². The van der Waals surface area contributed by atoms with Crippen molar-refractivity contribution in [2.45, 2.75) is 26.3 Å². The Labute approximate surface area is 154 Å². The van der Waals surface area contributed by atoms with Crippen LogP contribution in [0, 0.1) is 6.92 Å². The van der Waals surface area contributed by atoms with Gasteiger partial charge in [-0.3, -0.25) is 4.79 Å². The highest BCUT2D eigenvalue weighted by atomic mass is 16.5. The lowest BCUT2D eigenvalue weighted by Gasteiger charge is -2.21. The number of amides is 1. The van der Waals surface area contributed by atoms with Crippen molar-refractivity contribution in [3.05, 3.63) is 53.1 Å². The fourth-order valence-corrected chi connectivity index (χ4v) is 3.42. The molecule has 0 aromatic heterocycles. The van der Waals surface area contributed by atoms with Gasteiger partial charge in [-0.1, -0.05) is 18.2 Å². The van der Waals surface area contributed by atoms with E-state index in [1.54, 1.807) is 26.4 Å². The predicted octanol–water partition coefficient (Wildman–Crippen LogP) is 3.54. The first-order valence-corrected chi connectivity index (χ1v) is 8.97. The quantitative estimate of drug-likeness (QED) is 0.862. The van der Waals surface area contributed by atoms with Gasteiger partial charge in [0.05, 0.1) is 14.2 Å². The molecule has 1 saturated heterocycles. The molecule has 2 aromatic rings. The number of nitrogens with one attached hydrogen (secondary N) is 1. The summed E-state index contributed by atoms with van der Waals surface area (Å²) < 4.78 is 10.7. The first-order valence-electron chi connectivity index (χ1n) is 8.97. The van der Waals surface area contributed by atoms with E-state index in [2.05, 4.69) is 28.4 Å². The van der Waals surface area contributed by atoms with Crippen LogP contribution in [0.25, 0.3) is 0 Å². The first-order chi connectivity index (χ1) is 12.6. The summed E-state index contributed by atoms with van der Waals surface area (Å²) in [6.45, 7) is 4.56. The van der Waals surface area contributed by atoms with E-state index in [0.29, 0.717) is 23.6 Å². The number of hydrogen-bond donors (Lipinski definition) is 1. The normalized spacial score (nSPS) is 13.6. The Kier molecular flexibility index (Phi) is 5.66. The number of carbonyl (C=O) groups excluding carboxylic acids is 1. The summed E-state index contributed by atoms with van der Waals surface area (Å²) in [6.07, 6.45) is 2.45. The minimum Gasteiger partial charge on any atom is -0.496 e. The second kappa shape index (κ2) is 8.13. The number of carbonyl (C=O) groups is 1. The molecule has 3 rings (SSSR count). The van der Waals surface area contributed by atoms with Gasteiger partial charge in [-0.05, 0) is 43.5 Å². The SMILES string of the molecule is COc1cc(C(=O)NCc2ccccc2N2CCCC2)cc(OC)c1C. The molecule has 1 fully saturated rings. The molecule has 138 valence electrons. The van der Waals surface area contributed by atoms with Crippen LogP contribution in [0.1, 0.15) is 34.3 Å². The number of methoxy groups -OCH3 is 2. The van der Waals surface area contributed by atoms with E-state index in [1.165, 1.54) is 18.5 Å². The van der Waals surface area contributed by atoms with Gasteiger partial charge in [0.2, 0.25) is 0 Å². The number of nitrogens with zero attached hydrogens (tertiary/aromatic N) is 1. The third kappa shape index (κ3) is 3.77. The third-order valence-electron chi connectivity index (χ3n) is 4.89. The minimum absolute atomic E-state index is 0.141. The highest BCUT2D eigenvalue weighted by Crippen LogP contribution is 2.29. The largest absolute Gasteiger partial charge is 0.496 e. The van der Waals surface area contributed by atoms with Crippen LogP contribution in [-0.2, 0) is 6.54 Å². The van der Waals surface area contributed by atoms with Crippen molar-refractivity contribution < 1.29 is 14.3 Å². The molecule has 1 aliphatic heterocycles. The van der Waals surface area contributed by atoms with Crippen LogP contribution in [0.4, 0.5) is 5.69 Å². The van der Waals surface area contributed by atoms with Gasteiger partial charge < -0.3 is 19.7 Å². The Morgan fingerprint density at radius 1 is 1.08 bits per heavy atom. The van der Waals surface area contributed by atoms with Crippen LogP contribution in [0.15, 0.2) is 36.4 Å². The van der Waals surface area contributed by atoms with Crippen molar-refractivity contribution in [1.82, 2.24) is 5.32 Å². The summed E-state index contributed by atoms with van der Waals surface area (Å²) in [5.74, 6) is 1.15. The summed E-state index contributed by atoms with van der Waals surface area (Å²) in [5, 5.41) is 3.02. The number of rotatable bonds is 6. The van der Waals surface area contributed by atoms with Gasteiger partial charge in [0.15, 0.2) is 0 Å². The zero-order valence-corrected chi connectivity index (χ0v) is 15.7. The van der Waals surface area contributed by atoms with Crippen molar-refractivity contribution in [1.29, 1.82) is 0 Å². The lowest BCUT2D eigenvalue weighted by atomic mass is 10.1. The van der Waals surface area contributed by atoms with Gasteiger partial charge in [0.25, 0.3) is 5.91 Å². The van der Waals surface area contributed by atoms with E-state index in [9.17, 15) is 4.79 Å². The van der Waals surface area contributed by atoms with Gasteiger partial charge >= 0.3 is 0 Å². The van der Waals surface area contributed by atoms with E-state index in [0.717, 1.165) is 24.2 Å². The minimum atomic E-state index is -0.141. The molecule has 0 saturated carbocycles. The van der Waals surface area contributed by atoms with Gasteiger partial charge in [0, 0.05) is 36.4 Å². The first kappa shape index (κ1) is 18.1. The molecule has 0 radical (unpaired) electrons. The van der Waals surface area contributed by atoms with E-state index >= 15 is 0 Å². The second-order valence-corrected chi connectivity index (χ2v) is 6.51. The third-order valence-corrected chi connectivity index (χ3v) is 4.89. The van der Waals surface area contributed by atoms with Crippen molar-refractivity contribution in [2.75, 3.05) is 32.2 Å². The molecule has 1 aliphatic rings. The van der Waals surface area contributed by atoms with Crippen LogP contribution in [0.5, 0.6) is 11.5 Å². The van der Waals surface area contributed by atoms with Crippen LogP contribution in [-0.4, -0.2) is 33.2 Å². The molecule has 0 aliphatic carbocycles. The summed E-state index contributed by atoms with van der Waals surface area (Å²) in [5.41, 5.74) is 3.76. The maximum Gasteiger partial charge on any atom is 0.251 e. The zero-order chi connectivity index (χ0) is 18.5. The molecule has 1 N–H and O–H groups in total. The Hall–Kier alpha value is -2.69. The molecule has 1 amide bonds. The van der Waals surface area contributed by atoms with Gasteiger partial charge in [0.1, 0.15) is 11.5 Å². The molecule has 5 heteroatoms. The molecule has 0 bridgehead atoms. The summed E-state index contributed by atoms with van der Waals surface area (Å²) in [4.78, 5) is 15.1. The smallest absolute Gasteiger partial charge is 0.251 e. The van der Waals surface area contributed by atoms with E-state index < -0.39 is 0 Å². The summed E-state index contributed by atoms with van der Waals surface area (Å²) in [6, 6.07) is 11.8. The highest BCUT2D eigenvalue weighted by Gasteiger charge is 2.17. The second-order valence-electron chi connectivity index (χ2n) is 6.51. The lowest BCUT2D eigenvalue weighted by molar-refractivity contribution is 0.0950. The summed E-state index contributed by atoms with van der Waals surface area (Å²) >= 11 is 0. The van der Waals surface area contributed by atoms with Gasteiger partial charge in [-0.25, -0.2) is 0 Å². The maximum atomic E-state index is 12.7. The average Bonchev–Trinajstić information content (AvgIpc) is 3.21. The van der Waals surface area contributed by atoms with E-state index in [4.69, 9.17) is 9.47 Å². The molecule has 0 atom stereocenters. The zero-order valence-electron chi connectivity index (χ0n) is 15.7. The molecular formula is C21H26N2O3. The van der Waals surface area contributed by atoms with E-state index in [1.807, 2.05) is 13.0 Å². The number of hydrogen-bond acceptors (Lipinski definition) is 4. The molecule has 0 spiro atoms. The Bertz CT molecular complexity index is 758. The van der Waals surface area contributed by atoms with Crippen molar-refractivity contribution in [2.24, 2.45) is 0 Å². The molecule has 1 heterocycles. The average molecular weight is 354 g/mol.